The predicted molar refractivity (Wildman–Crippen MR) is 63.2 cm³/mol. The molecule has 0 saturated carbocycles. The highest BCUT2D eigenvalue weighted by Gasteiger charge is 2.31. The van der Waals surface area contributed by atoms with Gasteiger partial charge < -0.3 is 15.5 Å². The van der Waals surface area contributed by atoms with Crippen LogP contribution in [0.5, 0.6) is 0 Å². The molecule has 2 rings (SSSR count). The molecule has 94 valence electrons. The third-order valence-corrected chi connectivity index (χ3v) is 3.43. The first-order valence-electron chi connectivity index (χ1n) is 5.86. The lowest BCUT2D eigenvalue weighted by Crippen LogP contribution is -2.50. The lowest BCUT2D eigenvalue weighted by molar-refractivity contribution is 0.0939. The van der Waals surface area contributed by atoms with Gasteiger partial charge in [-0.25, -0.2) is 4.39 Å². The van der Waals surface area contributed by atoms with Gasteiger partial charge in [-0.05, 0) is 37.0 Å². The summed E-state index contributed by atoms with van der Waals surface area (Å²) in [4.78, 5) is 0. The fourth-order valence-corrected chi connectivity index (χ4v) is 2.32. The van der Waals surface area contributed by atoms with Gasteiger partial charge in [0.1, 0.15) is 5.82 Å². The maximum absolute atomic E-state index is 13.5. The van der Waals surface area contributed by atoms with E-state index in [0.717, 1.165) is 17.5 Å². The molecule has 1 aromatic rings. The third kappa shape index (κ3) is 2.34. The van der Waals surface area contributed by atoms with E-state index in [1.807, 2.05) is 6.07 Å². The van der Waals surface area contributed by atoms with Crippen molar-refractivity contribution >= 4 is 0 Å². The molecule has 1 aliphatic rings. The number of rotatable bonds is 4. The zero-order valence-corrected chi connectivity index (χ0v) is 9.91. The molecule has 0 bridgehead atoms. The van der Waals surface area contributed by atoms with Gasteiger partial charge in [0.2, 0.25) is 0 Å². The first kappa shape index (κ1) is 12.5. The van der Waals surface area contributed by atoms with Crippen molar-refractivity contribution in [2.24, 2.45) is 0 Å². The summed E-state index contributed by atoms with van der Waals surface area (Å²) < 4.78 is 13.5. The zero-order chi connectivity index (χ0) is 12.5. The van der Waals surface area contributed by atoms with Gasteiger partial charge in [0.25, 0.3) is 0 Å². The number of aliphatic hydroxyl groups is 2. The maximum atomic E-state index is 13.5. The number of benzene rings is 1. The van der Waals surface area contributed by atoms with E-state index in [1.54, 1.807) is 13.0 Å². The summed E-state index contributed by atoms with van der Waals surface area (Å²) in [5.74, 6) is -0.165. The van der Waals surface area contributed by atoms with Crippen molar-refractivity contribution < 1.29 is 14.6 Å². The van der Waals surface area contributed by atoms with E-state index in [4.69, 9.17) is 0 Å². The molecule has 0 amide bonds. The van der Waals surface area contributed by atoms with Gasteiger partial charge in [0.15, 0.2) is 0 Å². The Hall–Kier alpha value is -0.970. The molecule has 3 N–H and O–H groups in total. The van der Waals surface area contributed by atoms with Crippen LogP contribution >= 0.6 is 0 Å². The number of hydrogen-bond donors (Lipinski definition) is 3. The summed E-state index contributed by atoms with van der Waals surface area (Å²) in [5.41, 5.74) is 0.972. The third-order valence-electron chi connectivity index (χ3n) is 3.43. The summed E-state index contributed by atoms with van der Waals surface area (Å²) in [6.45, 7) is 1.46. The molecule has 3 nitrogen and oxygen atoms in total. The number of fused-ring (bicyclic) bond motifs is 1. The van der Waals surface area contributed by atoms with E-state index in [0.29, 0.717) is 6.42 Å². The minimum absolute atomic E-state index is 0.00463. The fraction of sp³-hybridized carbons (Fsp3) is 0.538. The topological polar surface area (TPSA) is 52.5 Å². The van der Waals surface area contributed by atoms with Crippen molar-refractivity contribution in [3.63, 3.8) is 0 Å². The average molecular weight is 239 g/mol. The maximum Gasteiger partial charge on any atom is 0.126 e. The molecule has 0 aromatic heterocycles. The molecule has 0 fully saturated rings. The molecule has 4 heteroatoms. The van der Waals surface area contributed by atoms with Crippen LogP contribution in [0.3, 0.4) is 0 Å². The Kier molecular flexibility index (Phi) is 3.47. The van der Waals surface area contributed by atoms with Crippen LogP contribution < -0.4 is 5.32 Å². The van der Waals surface area contributed by atoms with Crippen LogP contribution in [0.1, 0.15) is 30.5 Å². The lowest BCUT2D eigenvalue weighted by atomic mass is 10.0. The first-order valence-corrected chi connectivity index (χ1v) is 5.86. The monoisotopic (exact) mass is 239 g/mol. The number of halogens is 1. The van der Waals surface area contributed by atoms with Crippen LogP contribution in [-0.2, 0) is 6.42 Å². The van der Waals surface area contributed by atoms with Crippen LogP contribution in [0.25, 0.3) is 0 Å². The quantitative estimate of drug-likeness (QED) is 0.738. The highest BCUT2D eigenvalue weighted by Crippen LogP contribution is 2.33. The van der Waals surface area contributed by atoms with Gasteiger partial charge >= 0.3 is 0 Å². The Labute approximate surface area is 100 Å². The van der Waals surface area contributed by atoms with Crippen LogP contribution in [0, 0.1) is 5.82 Å². The van der Waals surface area contributed by atoms with E-state index in [1.165, 1.54) is 6.07 Å². The average Bonchev–Trinajstić information content (AvgIpc) is 2.74. The summed E-state index contributed by atoms with van der Waals surface area (Å²) in [7, 11) is 0. The molecule has 0 spiro atoms. The molecule has 0 aliphatic heterocycles. The van der Waals surface area contributed by atoms with Crippen molar-refractivity contribution in [3.05, 3.63) is 35.1 Å². The van der Waals surface area contributed by atoms with Crippen LogP contribution in [0.2, 0.25) is 0 Å². The summed E-state index contributed by atoms with van der Waals surface area (Å²) in [6, 6.07) is 5.07. The Bertz CT molecular complexity index is 404. The second-order valence-electron chi connectivity index (χ2n) is 4.92. The second kappa shape index (κ2) is 4.72. The van der Waals surface area contributed by atoms with Gasteiger partial charge in [-0.3, -0.25) is 0 Å². The molecule has 1 aliphatic carbocycles. The van der Waals surface area contributed by atoms with Gasteiger partial charge in [-0.2, -0.15) is 0 Å². The van der Waals surface area contributed by atoms with Crippen molar-refractivity contribution in [2.75, 3.05) is 13.2 Å². The van der Waals surface area contributed by atoms with Crippen molar-refractivity contribution in [1.29, 1.82) is 0 Å². The molecule has 0 heterocycles. The molecule has 1 aromatic carbocycles. The summed E-state index contributed by atoms with van der Waals surface area (Å²) >= 11 is 0. The minimum atomic E-state index is -0.724. The van der Waals surface area contributed by atoms with Crippen molar-refractivity contribution in [3.8, 4) is 0 Å². The Morgan fingerprint density at radius 3 is 2.76 bits per heavy atom. The van der Waals surface area contributed by atoms with Crippen molar-refractivity contribution in [2.45, 2.75) is 31.3 Å². The predicted octanol–water partition coefficient (Wildman–Crippen LogP) is 1.15. The van der Waals surface area contributed by atoms with Crippen LogP contribution in [0.15, 0.2) is 18.2 Å². The Balaban J connectivity index is 2.20. The van der Waals surface area contributed by atoms with E-state index in [9.17, 15) is 14.6 Å². The molecule has 1 unspecified atom stereocenters. The van der Waals surface area contributed by atoms with E-state index in [2.05, 4.69) is 5.32 Å². The lowest BCUT2D eigenvalue weighted by Gasteiger charge is -2.30. The largest absolute Gasteiger partial charge is 0.394 e. The second-order valence-corrected chi connectivity index (χ2v) is 4.92. The number of hydrogen-bond acceptors (Lipinski definition) is 3. The van der Waals surface area contributed by atoms with Gasteiger partial charge in [0.05, 0.1) is 18.8 Å². The van der Waals surface area contributed by atoms with Crippen LogP contribution in [0.4, 0.5) is 4.39 Å². The minimum Gasteiger partial charge on any atom is -0.394 e. The molecular weight excluding hydrogens is 221 g/mol. The number of nitrogens with one attached hydrogen (secondary N) is 1. The zero-order valence-electron chi connectivity index (χ0n) is 9.91. The fourth-order valence-electron chi connectivity index (χ4n) is 2.32. The standard InChI is InChI=1S/C13H18FNO2/c1-13(7-16,8-17)15-12-6-5-9-10(12)3-2-4-11(9)14/h2-4,12,15-17H,5-8H2,1H3. The normalized spacial score (nSPS) is 19.4. The van der Waals surface area contributed by atoms with Crippen molar-refractivity contribution in [1.82, 2.24) is 5.32 Å². The van der Waals surface area contributed by atoms with Gasteiger partial charge in [-0.15, -0.1) is 0 Å². The van der Waals surface area contributed by atoms with E-state index >= 15 is 0 Å². The van der Waals surface area contributed by atoms with Gasteiger partial charge in [-0.1, -0.05) is 12.1 Å². The molecule has 17 heavy (non-hydrogen) atoms. The van der Waals surface area contributed by atoms with Gasteiger partial charge in [0, 0.05) is 6.04 Å². The Morgan fingerprint density at radius 1 is 1.41 bits per heavy atom. The molecule has 1 atom stereocenters. The highest BCUT2D eigenvalue weighted by molar-refractivity contribution is 5.35. The first-order chi connectivity index (χ1) is 8.09. The highest BCUT2D eigenvalue weighted by atomic mass is 19.1. The molecular formula is C13H18FNO2. The summed E-state index contributed by atoms with van der Waals surface area (Å²) in [5, 5.41) is 21.7. The van der Waals surface area contributed by atoms with E-state index in [-0.39, 0.29) is 25.1 Å². The SMILES string of the molecule is CC(CO)(CO)NC1CCc2c(F)cccc21. The summed E-state index contributed by atoms with van der Waals surface area (Å²) in [6.07, 6.45) is 1.50. The van der Waals surface area contributed by atoms with E-state index < -0.39 is 5.54 Å². The Morgan fingerprint density at radius 2 is 2.12 bits per heavy atom. The molecule has 0 radical (unpaired) electrons. The molecule has 0 saturated heterocycles. The number of aliphatic hydroxyl groups excluding tert-OH is 2. The van der Waals surface area contributed by atoms with Crippen LogP contribution in [-0.4, -0.2) is 29.0 Å². The smallest absolute Gasteiger partial charge is 0.126 e.